The molecule has 5 heteroatoms. The second-order valence-corrected chi connectivity index (χ2v) is 4.39. The maximum absolute atomic E-state index is 12.5. The Hall–Kier alpha value is -1.12. The molecule has 0 atom stereocenters. The zero-order valence-corrected chi connectivity index (χ0v) is 11.3. The Morgan fingerprint density at radius 2 is 2.11 bits per heavy atom. The van der Waals surface area contributed by atoms with Crippen LogP contribution in [0.1, 0.15) is 26.7 Å². The van der Waals surface area contributed by atoms with E-state index in [1.165, 1.54) is 0 Å². The molecule has 0 aromatic rings. The zero-order chi connectivity index (χ0) is 13.4. The molecule has 1 aliphatic rings. The number of ether oxygens (including phenoxy) is 2. The van der Waals surface area contributed by atoms with Crippen molar-refractivity contribution in [3.63, 3.8) is 0 Å². The van der Waals surface area contributed by atoms with Crippen molar-refractivity contribution in [2.75, 3.05) is 39.5 Å². The Morgan fingerprint density at radius 3 is 2.61 bits per heavy atom. The minimum absolute atomic E-state index is 0.0736. The summed E-state index contributed by atoms with van der Waals surface area (Å²) < 4.78 is 10.5. The fraction of sp³-hybridized carbons (Fsp3) is 0.846. The molecular formula is C13H22N2O3. The summed E-state index contributed by atoms with van der Waals surface area (Å²) in [6, 6.07) is 2.21. The number of carbonyl (C=O) groups is 1. The molecule has 0 unspecified atom stereocenters. The fourth-order valence-corrected chi connectivity index (χ4v) is 2.12. The van der Waals surface area contributed by atoms with Crippen LogP contribution in [-0.2, 0) is 14.3 Å². The van der Waals surface area contributed by atoms with Crippen LogP contribution in [0.15, 0.2) is 0 Å². The van der Waals surface area contributed by atoms with Gasteiger partial charge in [0.15, 0.2) is 0 Å². The van der Waals surface area contributed by atoms with E-state index in [2.05, 4.69) is 6.07 Å². The number of likely N-dealkylation sites (N-methyl/N-ethyl adjacent to an activating group) is 1. The third kappa shape index (κ3) is 3.44. The molecule has 0 radical (unpaired) electrons. The van der Waals surface area contributed by atoms with Gasteiger partial charge in [0.2, 0.25) is 5.91 Å². The lowest BCUT2D eigenvalue weighted by molar-refractivity contribution is -0.144. The molecule has 1 heterocycles. The Balaban J connectivity index is 2.65. The summed E-state index contributed by atoms with van der Waals surface area (Å²) in [5, 5.41) is 9.34. The summed E-state index contributed by atoms with van der Waals surface area (Å²) >= 11 is 0. The first-order chi connectivity index (χ1) is 8.70. The smallest absolute Gasteiger partial charge is 0.243 e. The highest BCUT2D eigenvalue weighted by molar-refractivity contribution is 5.85. The zero-order valence-electron chi connectivity index (χ0n) is 11.3. The van der Waals surface area contributed by atoms with Crippen LogP contribution in [0.5, 0.6) is 0 Å². The van der Waals surface area contributed by atoms with E-state index >= 15 is 0 Å². The van der Waals surface area contributed by atoms with Crippen molar-refractivity contribution in [2.45, 2.75) is 26.7 Å². The number of carbonyl (C=O) groups excluding carboxylic acids is 1. The lowest BCUT2D eigenvalue weighted by Gasteiger charge is -2.34. The molecule has 0 spiro atoms. The van der Waals surface area contributed by atoms with Crippen LogP contribution in [0.2, 0.25) is 0 Å². The largest absolute Gasteiger partial charge is 0.381 e. The maximum Gasteiger partial charge on any atom is 0.243 e. The molecule has 18 heavy (non-hydrogen) atoms. The topological polar surface area (TPSA) is 62.6 Å². The highest BCUT2D eigenvalue weighted by Gasteiger charge is 2.42. The van der Waals surface area contributed by atoms with Gasteiger partial charge in [0.05, 0.1) is 12.7 Å². The van der Waals surface area contributed by atoms with Gasteiger partial charge >= 0.3 is 0 Å². The van der Waals surface area contributed by atoms with Crippen LogP contribution in [0, 0.1) is 16.7 Å². The van der Waals surface area contributed by atoms with E-state index in [0.717, 1.165) is 0 Å². The van der Waals surface area contributed by atoms with E-state index in [1.807, 2.05) is 13.8 Å². The Labute approximate surface area is 109 Å². The van der Waals surface area contributed by atoms with Gasteiger partial charge in [0.1, 0.15) is 5.41 Å². The number of nitrogens with zero attached hydrogens (tertiary/aromatic N) is 2. The van der Waals surface area contributed by atoms with Gasteiger partial charge in [-0.05, 0) is 26.7 Å². The van der Waals surface area contributed by atoms with Crippen molar-refractivity contribution in [3.05, 3.63) is 0 Å². The van der Waals surface area contributed by atoms with E-state index in [4.69, 9.17) is 9.47 Å². The molecule has 0 aromatic carbocycles. The number of hydrogen-bond donors (Lipinski definition) is 0. The summed E-state index contributed by atoms with van der Waals surface area (Å²) in [4.78, 5) is 14.2. The lowest BCUT2D eigenvalue weighted by Crippen LogP contribution is -2.47. The number of amides is 1. The van der Waals surface area contributed by atoms with E-state index in [1.54, 1.807) is 4.90 Å². The van der Waals surface area contributed by atoms with Crippen molar-refractivity contribution in [2.24, 2.45) is 5.41 Å². The second kappa shape index (κ2) is 7.34. The minimum atomic E-state index is -0.888. The second-order valence-electron chi connectivity index (χ2n) is 4.39. The first-order valence-electron chi connectivity index (χ1n) is 6.56. The molecule has 102 valence electrons. The average molecular weight is 254 g/mol. The van der Waals surface area contributed by atoms with Crippen molar-refractivity contribution in [1.82, 2.24) is 4.90 Å². The third-order valence-corrected chi connectivity index (χ3v) is 3.35. The third-order valence-electron chi connectivity index (χ3n) is 3.35. The molecule has 0 aliphatic carbocycles. The first kappa shape index (κ1) is 14.9. The van der Waals surface area contributed by atoms with Crippen molar-refractivity contribution in [3.8, 4) is 6.07 Å². The van der Waals surface area contributed by atoms with Gasteiger partial charge in [-0.15, -0.1) is 0 Å². The molecule has 1 rings (SSSR count). The van der Waals surface area contributed by atoms with Gasteiger partial charge in [-0.1, -0.05) is 0 Å². The molecular weight excluding hydrogens is 232 g/mol. The van der Waals surface area contributed by atoms with Crippen molar-refractivity contribution in [1.29, 1.82) is 5.26 Å². The highest BCUT2D eigenvalue weighted by atomic mass is 16.5. The molecule has 1 fully saturated rings. The summed E-state index contributed by atoms with van der Waals surface area (Å²) in [5.74, 6) is -0.0736. The first-order valence-corrected chi connectivity index (χ1v) is 6.56. The highest BCUT2D eigenvalue weighted by Crippen LogP contribution is 2.31. The van der Waals surface area contributed by atoms with Crippen molar-refractivity contribution >= 4 is 5.91 Å². The summed E-state index contributed by atoms with van der Waals surface area (Å²) in [7, 11) is 0. The van der Waals surface area contributed by atoms with Gasteiger partial charge in [0, 0.05) is 32.9 Å². The molecule has 0 N–H and O–H groups in total. The van der Waals surface area contributed by atoms with Crippen molar-refractivity contribution < 1.29 is 14.3 Å². The molecule has 1 aliphatic heterocycles. The number of rotatable bonds is 6. The van der Waals surface area contributed by atoms with Gasteiger partial charge in [-0.25, -0.2) is 0 Å². The minimum Gasteiger partial charge on any atom is -0.381 e. The van der Waals surface area contributed by atoms with Crippen LogP contribution in [0.25, 0.3) is 0 Å². The van der Waals surface area contributed by atoms with E-state index < -0.39 is 5.41 Å². The standard InChI is InChI=1S/C13H22N2O3/c1-3-15(7-10-17-4-2)12(16)13(11-14)5-8-18-9-6-13/h3-10H2,1-2H3. The Kier molecular flexibility index (Phi) is 6.10. The van der Waals surface area contributed by atoms with Gasteiger partial charge in [-0.2, -0.15) is 5.26 Å². The Bertz CT molecular complexity index is 306. The SMILES string of the molecule is CCOCCN(CC)C(=O)C1(C#N)CCOCC1. The van der Waals surface area contributed by atoms with E-state index in [9.17, 15) is 10.1 Å². The van der Waals surface area contributed by atoms with Crippen LogP contribution in [-0.4, -0.2) is 50.3 Å². The van der Waals surface area contributed by atoms with Crippen LogP contribution >= 0.6 is 0 Å². The molecule has 1 saturated heterocycles. The molecule has 0 aromatic heterocycles. The molecule has 0 bridgehead atoms. The van der Waals surface area contributed by atoms with E-state index in [0.29, 0.717) is 52.4 Å². The molecule has 0 saturated carbocycles. The van der Waals surface area contributed by atoms with Crippen LogP contribution < -0.4 is 0 Å². The van der Waals surface area contributed by atoms with Gasteiger partial charge < -0.3 is 14.4 Å². The summed E-state index contributed by atoms with van der Waals surface area (Å²) in [5.41, 5.74) is -0.888. The lowest BCUT2D eigenvalue weighted by atomic mass is 9.80. The van der Waals surface area contributed by atoms with Crippen LogP contribution in [0.4, 0.5) is 0 Å². The van der Waals surface area contributed by atoms with Gasteiger partial charge in [-0.3, -0.25) is 4.79 Å². The normalized spacial score (nSPS) is 18.1. The van der Waals surface area contributed by atoms with Crippen LogP contribution in [0.3, 0.4) is 0 Å². The number of hydrogen-bond acceptors (Lipinski definition) is 4. The Morgan fingerprint density at radius 1 is 1.44 bits per heavy atom. The monoisotopic (exact) mass is 254 g/mol. The van der Waals surface area contributed by atoms with Gasteiger partial charge in [0.25, 0.3) is 0 Å². The predicted octanol–water partition coefficient (Wildman–Crippen LogP) is 1.19. The molecule has 1 amide bonds. The quantitative estimate of drug-likeness (QED) is 0.668. The fourth-order valence-electron chi connectivity index (χ4n) is 2.12. The molecule has 5 nitrogen and oxygen atoms in total. The predicted molar refractivity (Wildman–Crippen MR) is 66.8 cm³/mol. The maximum atomic E-state index is 12.5. The van der Waals surface area contributed by atoms with E-state index in [-0.39, 0.29) is 5.91 Å². The summed E-state index contributed by atoms with van der Waals surface area (Å²) in [6.07, 6.45) is 0.987. The number of nitriles is 1. The summed E-state index contributed by atoms with van der Waals surface area (Å²) in [6.45, 7) is 7.15. The average Bonchev–Trinajstić information content (AvgIpc) is 2.44.